The Hall–Kier alpha value is -5.49. The molecule has 38 heavy (non-hydrogen) atoms. The molecule has 2 aliphatic rings. The second kappa shape index (κ2) is 9.87. The average Bonchev–Trinajstić information content (AvgIpc) is 3.27. The minimum absolute atomic E-state index is 0.0237. The van der Waals surface area contributed by atoms with E-state index in [9.17, 15) is 35.7 Å². The van der Waals surface area contributed by atoms with Crippen LogP contribution < -0.4 is 0 Å². The van der Waals surface area contributed by atoms with E-state index in [1.165, 1.54) is 24.3 Å². The average molecular weight is 506 g/mol. The molecule has 0 saturated heterocycles. The van der Waals surface area contributed by atoms with Gasteiger partial charge in [0.2, 0.25) is 0 Å². The molecule has 186 valence electrons. The first-order valence-corrected chi connectivity index (χ1v) is 11.1. The summed E-state index contributed by atoms with van der Waals surface area (Å²) in [6, 6.07) is 13.0. The highest BCUT2D eigenvalue weighted by molar-refractivity contribution is 6.09. The van der Waals surface area contributed by atoms with Crippen LogP contribution in [0.2, 0.25) is 0 Å². The molecule has 0 aromatic heterocycles. The van der Waals surface area contributed by atoms with Gasteiger partial charge in [-0.05, 0) is 30.7 Å². The molecule has 11 nitrogen and oxygen atoms in total. The lowest BCUT2D eigenvalue weighted by Crippen LogP contribution is -2.51. The molecule has 1 N–H and O–H groups in total. The van der Waals surface area contributed by atoms with Crippen LogP contribution in [0.4, 0.5) is 0 Å². The van der Waals surface area contributed by atoms with Crippen molar-refractivity contribution in [3.05, 3.63) is 80.9 Å². The van der Waals surface area contributed by atoms with Crippen LogP contribution in [0.3, 0.4) is 0 Å². The normalized spacial score (nSPS) is 19.2. The molecule has 0 fully saturated rings. The minimum atomic E-state index is -1.43. The third-order valence-corrected chi connectivity index (χ3v) is 6.62. The summed E-state index contributed by atoms with van der Waals surface area (Å²) in [5, 5.41) is 57.1. The highest BCUT2D eigenvalue weighted by Crippen LogP contribution is 2.46. The van der Waals surface area contributed by atoms with Gasteiger partial charge in [-0.3, -0.25) is 5.01 Å². The monoisotopic (exact) mass is 506 g/mol. The third-order valence-electron chi connectivity index (χ3n) is 6.62. The minimum Gasteiger partial charge on any atom is -0.465 e. The fraction of sp³-hybridized carbons (Fsp3) is 0.222. The molecule has 2 atom stereocenters. The number of fused-ring (bicyclic) bond motifs is 1. The summed E-state index contributed by atoms with van der Waals surface area (Å²) in [6.07, 6.45) is 2.35. The molecule has 0 amide bonds. The molecule has 4 rings (SSSR count). The zero-order chi connectivity index (χ0) is 27.6. The summed E-state index contributed by atoms with van der Waals surface area (Å²) >= 11 is 0. The molecule has 0 radical (unpaired) electrons. The van der Waals surface area contributed by atoms with E-state index < -0.39 is 23.6 Å². The summed E-state index contributed by atoms with van der Waals surface area (Å²) in [5.74, 6) is -1.59. The number of nitrogens with zero attached hydrogens (tertiary/aromatic N) is 6. The highest BCUT2D eigenvalue weighted by atomic mass is 16.5. The Bertz CT molecular complexity index is 1610. The van der Waals surface area contributed by atoms with Crippen molar-refractivity contribution in [2.75, 3.05) is 20.8 Å². The van der Waals surface area contributed by atoms with E-state index in [4.69, 9.17) is 9.47 Å². The van der Waals surface area contributed by atoms with E-state index in [1.807, 2.05) is 30.4 Å². The number of carbonyl (C=O) groups excluding carboxylic acids is 2. The number of esters is 2. The largest absolute Gasteiger partial charge is 0.465 e. The smallest absolute Gasteiger partial charge is 0.339 e. The summed E-state index contributed by atoms with van der Waals surface area (Å²) in [6.45, 7) is 0.222. The summed E-state index contributed by atoms with van der Waals surface area (Å²) < 4.78 is 9.46. The number of ether oxygens (including phenoxy) is 2. The fourth-order valence-electron chi connectivity index (χ4n) is 4.79. The Balaban J connectivity index is 1.95. The van der Waals surface area contributed by atoms with Crippen LogP contribution in [0.15, 0.2) is 41.5 Å². The zero-order valence-electron chi connectivity index (χ0n) is 20.2. The number of carbonyl (C=O) groups is 2. The lowest BCUT2D eigenvalue weighted by molar-refractivity contribution is 0.0255. The van der Waals surface area contributed by atoms with Crippen LogP contribution in [0.5, 0.6) is 0 Å². The number of methoxy groups -OCH3 is 2. The number of aliphatic hydroxyl groups is 1. The Morgan fingerprint density at radius 1 is 0.895 bits per heavy atom. The first-order chi connectivity index (χ1) is 18.3. The van der Waals surface area contributed by atoms with E-state index in [1.54, 1.807) is 11.1 Å². The lowest BCUT2D eigenvalue weighted by Gasteiger charge is -2.42. The topological polar surface area (TPSA) is 184 Å². The van der Waals surface area contributed by atoms with E-state index in [2.05, 4.69) is 5.10 Å². The Morgan fingerprint density at radius 3 is 2.00 bits per heavy atom. The van der Waals surface area contributed by atoms with Gasteiger partial charge < -0.3 is 14.6 Å². The number of benzene rings is 2. The van der Waals surface area contributed by atoms with Gasteiger partial charge in [0.1, 0.15) is 29.5 Å². The molecular weight excluding hydrogens is 488 g/mol. The summed E-state index contributed by atoms with van der Waals surface area (Å²) in [7, 11) is 2.31. The maximum atomic E-state index is 12.2. The molecule has 2 aliphatic heterocycles. The molecule has 2 aromatic carbocycles. The van der Waals surface area contributed by atoms with Crippen molar-refractivity contribution in [3.8, 4) is 24.3 Å². The summed E-state index contributed by atoms with van der Waals surface area (Å²) in [4.78, 5) is 24.4. The maximum Gasteiger partial charge on any atom is 0.339 e. The second-order valence-corrected chi connectivity index (χ2v) is 8.39. The molecule has 0 saturated carbocycles. The molecule has 2 unspecified atom stereocenters. The fourth-order valence-corrected chi connectivity index (χ4v) is 4.79. The Morgan fingerprint density at radius 2 is 1.45 bits per heavy atom. The standard InChI is InChI=1S/C27H18N6O5/c1-37-25(35)20-8-15(11-28)19(7-16(20)12-29)23-24(34)27(5-3-4-6-33(27)32-23)22-10-17(13-30)21(26(36)38-2)9-18(22)14-31/h3-4,7-10,24,34H,5-6H2,1-2H3. The van der Waals surface area contributed by atoms with Gasteiger partial charge in [-0.25, -0.2) is 9.59 Å². The maximum absolute atomic E-state index is 12.2. The number of rotatable bonds is 4. The van der Waals surface area contributed by atoms with Crippen molar-refractivity contribution in [2.45, 2.75) is 18.1 Å². The van der Waals surface area contributed by atoms with Gasteiger partial charge in [0, 0.05) is 11.1 Å². The second-order valence-electron chi connectivity index (χ2n) is 8.39. The van der Waals surface area contributed by atoms with Gasteiger partial charge in [0.25, 0.3) is 0 Å². The van der Waals surface area contributed by atoms with Crippen molar-refractivity contribution < 1.29 is 24.2 Å². The van der Waals surface area contributed by atoms with Crippen molar-refractivity contribution in [1.82, 2.24) is 5.01 Å². The molecule has 11 heteroatoms. The number of aliphatic hydroxyl groups excluding tert-OH is 1. The predicted octanol–water partition coefficient (Wildman–Crippen LogP) is 1.98. The van der Waals surface area contributed by atoms with Crippen LogP contribution in [-0.2, 0) is 15.0 Å². The van der Waals surface area contributed by atoms with Gasteiger partial charge in [-0.1, -0.05) is 12.2 Å². The molecular formula is C27H18N6O5. The molecule has 0 bridgehead atoms. The molecule has 0 spiro atoms. The Labute approximate surface area is 217 Å². The third kappa shape index (κ3) is 3.72. The van der Waals surface area contributed by atoms with Gasteiger partial charge in [0.05, 0.1) is 66.3 Å². The van der Waals surface area contributed by atoms with Crippen molar-refractivity contribution in [1.29, 1.82) is 21.0 Å². The molecule has 2 aromatic rings. The van der Waals surface area contributed by atoms with E-state index >= 15 is 0 Å². The van der Waals surface area contributed by atoms with Gasteiger partial charge in [0.15, 0.2) is 0 Å². The van der Waals surface area contributed by atoms with Gasteiger partial charge >= 0.3 is 11.9 Å². The number of hydrogen-bond donors (Lipinski definition) is 1. The lowest BCUT2D eigenvalue weighted by atomic mass is 9.74. The predicted molar refractivity (Wildman–Crippen MR) is 129 cm³/mol. The number of hydrogen-bond acceptors (Lipinski definition) is 11. The SMILES string of the molecule is COC(=O)c1cc(C#N)c(C2=NN3CC=CCC3(c3cc(C#N)c(C(=O)OC)cc3C#N)C2O)cc1C#N. The molecule has 2 heterocycles. The quantitative estimate of drug-likeness (QED) is 0.475. The van der Waals surface area contributed by atoms with E-state index in [-0.39, 0.29) is 63.2 Å². The number of nitriles is 4. The first-order valence-electron chi connectivity index (χ1n) is 11.1. The zero-order valence-corrected chi connectivity index (χ0v) is 20.2. The van der Waals surface area contributed by atoms with Crippen LogP contribution in [0, 0.1) is 45.3 Å². The van der Waals surface area contributed by atoms with Crippen LogP contribution in [0.25, 0.3) is 0 Å². The van der Waals surface area contributed by atoms with Crippen LogP contribution in [0.1, 0.15) is 60.5 Å². The number of hydrazone groups is 1. The van der Waals surface area contributed by atoms with E-state index in [0.717, 1.165) is 14.2 Å². The highest BCUT2D eigenvalue weighted by Gasteiger charge is 2.54. The van der Waals surface area contributed by atoms with Crippen molar-refractivity contribution in [3.63, 3.8) is 0 Å². The van der Waals surface area contributed by atoms with Crippen LogP contribution in [-0.4, -0.2) is 54.6 Å². The molecule has 0 aliphatic carbocycles. The van der Waals surface area contributed by atoms with Gasteiger partial charge in [-0.2, -0.15) is 26.1 Å². The van der Waals surface area contributed by atoms with Gasteiger partial charge in [-0.15, -0.1) is 0 Å². The first kappa shape index (κ1) is 25.6. The van der Waals surface area contributed by atoms with Crippen molar-refractivity contribution in [2.24, 2.45) is 5.10 Å². The Kier molecular flexibility index (Phi) is 6.65. The summed E-state index contributed by atoms with van der Waals surface area (Å²) in [5.41, 5.74) is -1.28. The van der Waals surface area contributed by atoms with Crippen LogP contribution >= 0.6 is 0 Å². The van der Waals surface area contributed by atoms with E-state index in [0.29, 0.717) is 0 Å². The van der Waals surface area contributed by atoms with Crippen molar-refractivity contribution >= 4 is 17.7 Å².